The van der Waals surface area contributed by atoms with Crippen LogP contribution in [0.3, 0.4) is 0 Å². The van der Waals surface area contributed by atoms with Crippen molar-refractivity contribution in [2.24, 2.45) is 0 Å². The Morgan fingerprint density at radius 1 is 1.86 bits per heavy atom. The molecular formula is C9H14N2O3. The largest absolute Gasteiger partial charge is 0.445 e. The van der Waals surface area contributed by atoms with E-state index in [0.29, 0.717) is 13.1 Å². The molecule has 0 bridgehead atoms. The van der Waals surface area contributed by atoms with Gasteiger partial charge in [0.1, 0.15) is 12.6 Å². The number of amides is 2. The number of carbonyl (C=O) groups excluding carboxylic acids is 2. The standard InChI is InChI=1S/C9H14N2O3/c1-3-6-14-9(13)11-5-4-10-8(12)7(11)2/h3,7H,1,4-6H2,2H3,(H,10,12). The Bertz CT molecular complexity index is 252. The summed E-state index contributed by atoms with van der Waals surface area (Å²) in [5, 5.41) is 2.66. The van der Waals surface area contributed by atoms with Crippen LogP contribution in [0.15, 0.2) is 12.7 Å². The summed E-state index contributed by atoms with van der Waals surface area (Å²) in [7, 11) is 0. The Balaban J connectivity index is 2.52. The summed E-state index contributed by atoms with van der Waals surface area (Å²) >= 11 is 0. The van der Waals surface area contributed by atoms with Gasteiger partial charge in [-0.15, -0.1) is 0 Å². The van der Waals surface area contributed by atoms with E-state index in [0.717, 1.165) is 0 Å². The predicted octanol–water partition coefficient (Wildman–Crippen LogP) is 0.129. The van der Waals surface area contributed by atoms with Gasteiger partial charge in [0.05, 0.1) is 0 Å². The number of piperazine rings is 1. The fraction of sp³-hybridized carbons (Fsp3) is 0.556. The van der Waals surface area contributed by atoms with E-state index in [1.807, 2.05) is 0 Å². The molecule has 78 valence electrons. The smallest absolute Gasteiger partial charge is 0.410 e. The van der Waals surface area contributed by atoms with Crippen molar-refractivity contribution in [3.63, 3.8) is 0 Å². The van der Waals surface area contributed by atoms with Gasteiger partial charge < -0.3 is 10.1 Å². The third-order valence-corrected chi connectivity index (χ3v) is 2.06. The summed E-state index contributed by atoms with van der Waals surface area (Å²) in [5.41, 5.74) is 0. The molecule has 5 nitrogen and oxygen atoms in total. The van der Waals surface area contributed by atoms with Crippen molar-refractivity contribution in [2.75, 3.05) is 19.7 Å². The summed E-state index contributed by atoms with van der Waals surface area (Å²) in [6, 6.07) is -0.457. The topological polar surface area (TPSA) is 58.6 Å². The maximum absolute atomic E-state index is 11.4. The maximum Gasteiger partial charge on any atom is 0.410 e. The Morgan fingerprint density at radius 3 is 3.21 bits per heavy atom. The van der Waals surface area contributed by atoms with Crippen molar-refractivity contribution < 1.29 is 14.3 Å². The first-order valence-corrected chi connectivity index (χ1v) is 4.49. The number of nitrogens with zero attached hydrogens (tertiary/aromatic N) is 1. The van der Waals surface area contributed by atoms with E-state index in [2.05, 4.69) is 11.9 Å². The fourth-order valence-corrected chi connectivity index (χ4v) is 1.24. The van der Waals surface area contributed by atoms with Gasteiger partial charge in [-0.1, -0.05) is 12.7 Å². The molecule has 14 heavy (non-hydrogen) atoms. The van der Waals surface area contributed by atoms with Crippen LogP contribution in [-0.4, -0.2) is 42.6 Å². The lowest BCUT2D eigenvalue weighted by Gasteiger charge is -2.31. The molecule has 1 N–H and O–H groups in total. The van der Waals surface area contributed by atoms with Crippen LogP contribution in [0.5, 0.6) is 0 Å². The van der Waals surface area contributed by atoms with Gasteiger partial charge in [-0.05, 0) is 6.92 Å². The van der Waals surface area contributed by atoms with Crippen molar-refractivity contribution in [1.29, 1.82) is 0 Å². The van der Waals surface area contributed by atoms with E-state index in [4.69, 9.17) is 4.74 Å². The molecule has 1 aliphatic rings. The van der Waals surface area contributed by atoms with Crippen LogP contribution < -0.4 is 5.32 Å². The highest BCUT2D eigenvalue weighted by Gasteiger charge is 2.29. The number of carbonyl (C=O) groups is 2. The second-order valence-electron chi connectivity index (χ2n) is 3.03. The van der Waals surface area contributed by atoms with Crippen LogP contribution in [-0.2, 0) is 9.53 Å². The van der Waals surface area contributed by atoms with Gasteiger partial charge in [-0.25, -0.2) is 4.79 Å². The highest BCUT2D eigenvalue weighted by molar-refractivity contribution is 5.86. The van der Waals surface area contributed by atoms with E-state index < -0.39 is 12.1 Å². The van der Waals surface area contributed by atoms with Crippen LogP contribution in [0.4, 0.5) is 4.79 Å². The van der Waals surface area contributed by atoms with E-state index in [1.165, 1.54) is 11.0 Å². The number of hydrogen-bond donors (Lipinski definition) is 1. The van der Waals surface area contributed by atoms with Gasteiger partial charge in [0, 0.05) is 13.1 Å². The van der Waals surface area contributed by atoms with Gasteiger partial charge in [0.15, 0.2) is 0 Å². The molecular weight excluding hydrogens is 184 g/mol. The van der Waals surface area contributed by atoms with Gasteiger partial charge in [0.25, 0.3) is 0 Å². The summed E-state index contributed by atoms with van der Waals surface area (Å²) in [6.45, 7) is 6.24. The molecule has 1 atom stereocenters. The van der Waals surface area contributed by atoms with Crippen LogP contribution in [0, 0.1) is 0 Å². The van der Waals surface area contributed by atoms with Crippen molar-refractivity contribution >= 4 is 12.0 Å². The molecule has 0 radical (unpaired) electrons. The van der Waals surface area contributed by atoms with E-state index in [9.17, 15) is 9.59 Å². The molecule has 5 heteroatoms. The molecule has 0 spiro atoms. The SMILES string of the molecule is C=CCOC(=O)N1CCNC(=O)C1C. The van der Waals surface area contributed by atoms with Crippen molar-refractivity contribution in [3.05, 3.63) is 12.7 Å². The number of rotatable bonds is 2. The van der Waals surface area contributed by atoms with Crippen LogP contribution in [0.2, 0.25) is 0 Å². The molecule has 1 aliphatic heterocycles. The Morgan fingerprint density at radius 2 is 2.57 bits per heavy atom. The molecule has 1 unspecified atom stereocenters. The normalized spacial score (nSPS) is 21.4. The highest BCUT2D eigenvalue weighted by Crippen LogP contribution is 2.05. The maximum atomic E-state index is 11.4. The van der Waals surface area contributed by atoms with E-state index in [1.54, 1.807) is 6.92 Å². The summed E-state index contributed by atoms with van der Waals surface area (Å²) in [4.78, 5) is 24.0. The third kappa shape index (κ3) is 2.25. The monoisotopic (exact) mass is 198 g/mol. The summed E-state index contributed by atoms with van der Waals surface area (Å²) < 4.78 is 4.84. The van der Waals surface area contributed by atoms with Gasteiger partial charge in [-0.3, -0.25) is 9.69 Å². The van der Waals surface area contributed by atoms with E-state index >= 15 is 0 Å². The zero-order valence-corrected chi connectivity index (χ0v) is 8.16. The second kappa shape index (κ2) is 4.64. The second-order valence-corrected chi connectivity index (χ2v) is 3.03. The molecule has 1 fully saturated rings. The Labute approximate surface area is 82.7 Å². The molecule has 0 aliphatic carbocycles. The third-order valence-electron chi connectivity index (χ3n) is 2.06. The molecule has 2 amide bonds. The molecule has 0 aromatic rings. The van der Waals surface area contributed by atoms with Gasteiger partial charge >= 0.3 is 6.09 Å². The lowest BCUT2D eigenvalue weighted by atomic mass is 10.2. The molecule has 1 saturated heterocycles. The number of hydrogen-bond acceptors (Lipinski definition) is 3. The van der Waals surface area contributed by atoms with Crippen molar-refractivity contribution in [2.45, 2.75) is 13.0 Å². The molecule has 0 aromatic heterocycles. The molecule has 0 aromatic carbocycles. The van der Waals surface area contributed by atoms with Crippen LogP contribution in [0.1, 0.15) is 6.92 Å². The first-order chi connectivity index (χ1) is 6.66. The zero-order chi connectivity index (χ0) is 10.6. The molecule has 0 saturated carbocycles. The van der Waals surface area contributed by atoms with Crippen LogP contribution >= 0.6 is 0 Å². The van der Waals surface area contributed by atoms with E-state index in [-0.39, 0.29) is 12.5 Å². The summed E-state index contributed by atoms with van der Waals surface area (Å²) in [5.74, 6) is -0.146. The molecule has 1 heterocycles. The molecule has 1 rings (SSSR count). The zero-order valence-electron chi connectivity index (χ0n) is 8.16. The van der Waals surface area contributed by atoms with Gasteiger partial charge in [-0.2, -0.15) is 0 Å². The lowest BCUT2D eigenvalue weighted by Crippen LogP contribution is -2.55. The van der Waals surface area contributed by atoms with Crippen molar-refractivity contribution in [1.82, 2.24) is 10.2 Å². The average Bonchev–Trinajstić information content (AvgIpc) is 2.18. The quantitative estimate of drug-likeness (QED) is 0.641. The Hall–Kier alpha value is -1.52. The lowest BCUT2D eigenvalue weighted by molar-refractivity contribution is -0.127. The first-order valence-electron chi connectivity index (χ1n) is 4.49. The number of ether oxygens (including phenoxy) is 1. The Kier molecular flexibility index (Phi) is 3.50. The minimum Gasteiger partial charge on any atom is -0.445 e. The van der Waals surface area contributed by atoms with Crippen molar-refractivity contribution in [3.8, 4) is 0 Å². The fourth-order valence-electron chi connectivity index (χ4n) is 1.24. The summed E-state index contributed by atoms with van der Waals surface area (Å²) in [6.07, 6.45) is 1.03. The minimum absolute atomic E-state index is 0.146. The highest BCUT2D eigenvalue weighted by atomic mass is 16.6. The minimum atomic E-state index is -0.466. The van der Waals surface area contributed by atoms with Crippen LogP contribution in [0.25, 0.3) is 0 Å². The average molecular weight is 198 g/mol. The predicted molar refractivity (Wildman–Crippen MR) is 50.7 cm³/mol. The number of nitrogens with one attached hydrogen (secondary N) is 1. The first kappa shape index (κ1) is 10.6. The van der Waals surface area contributed by atoms with Gasteiger partial charge in [0.2, 0.25) is 5.91 Å².